The maximum atomic E-state index is 12.0. The Bertz CT molecular complexity index is 740. The van der Waals surface area contributed by atoms with Gasteiger partial charge in [0.05, 0.1) is 12.9 Å². The van der Waals surface area contributed by atoms with Crippen molar-refractivity contribution in [2.45, 2.75) is 24.5 Å². The van der Waals surface area contributed by atoms with Crippen LogP contribution in [0.5, 0.6) is 0 Å². The van der Waals surface area contributed by atoms with Crippen LogP contribution >= 0.6 is 0 Å². The Hall–Kier alpha value is -2.01. The number of anilines is 1. The number of nitrogen functional groups attached to an aromatic ring is 1. The molecule has 0 aromatic carbocycles. The van der Waals surface area contributed by atoms with Crippen molar-refractivity contribution in [3.8, 4) is 0 Å². The zero-order valence-corrected chi connectivity index (χ0v) is 11.1. The first kappa shape index (κ1) is 13.9. The van der Waals surface area contributed by atoms with Gasteiger partial charge in [-0.3, -0.25) is 13.9 Å². The Morgan fingerprint density at radius 1 is 1.43 bits per heavy atom. The highest BCUT2D eigenvalue weighted by molar-refractivity contribution is 5.71. The lowest BCUT2D eigenvalue weighted by Gasteiger charge is -2.16. The standard InChI is InChI=1S/C11H15N5O5/c1-15-9(20)5-8(14-11(15)12)16(3-13-5)10-7(19)6(18)4(2-17)21-10/h3-4,6-7,10,17-19H,2H2,1H3,(H2,12,14)/t4-,6+,7+,10-/m0/s1. The molecule has 3 rings (SSSR count). The summed E-state index contributed by atoms with van der Waals surface area (Å²) in [6.45, 7) is -0.446. The number of hydrogen-bond donors (Lipinski definition) is 4. The molecule has 114 valence electrons. The second-order valence-corrected chi connectivity index (χ2v) is 4.89. The first-order valence-corrected chi connectivity index (χ1v) is 6.27. The molecular weight excluding hydrogens is 282 g/mol. The molecule has 5 N–H and O–H groups in total. The van der Waals surface area contributed by atoms with E-state index in [4.69, 9.17) is 15.6 Å². The number of nitrogens with two attached hydrogens (primary N) is 1. The lowest BCUT2D eigenvalue weighted by atomic mass is 10.1. The van der Waals surface area contributed by atoms with Crippen molar-refractivity contribution in [1.82, 2.24) is 19.1 Å². The summed E-state index contributed by atoms with van der Waals surface area (Å²) in [4.78, 5) is 20.0. The summed E-state index contributed by atoms with van der Waals surface area (Å²) in [7, 11) is 1.47. The molecule has 1 aliphatic heterocycles. The number of hydrogen-bond acceptors (Lipinski definition) is 8. The number of fused-ring (bicyclic) bond motifs is 1. The largest absolute Gasteiger partial charge is 0.394 e. The Labute approximate surface area is 118 Å². The highest BCUT2D eigenvalue weighted by atomic mass is 16.6. The molecule has 2 aromatic heterocycles. The average molecular weight is 297 g/mol. The Kier molecular flexibility index (Phi) is 3.17. The number of aliphatic hydroxyl groups is 3. The molecular formula is C11H15N5O5. The number of nitrogens with zero attached hydrogens (tertiary/aromatic N) is 4. The second-order valence-electron chi connectivity index (χ2n) is 4.89. The third kappa shape index (κ3) is 1.92. The molecule has 1 fully saturated rings. The molecule has 0 radical (unpaired) electrons. The van der Waals surface area contributed by atoms with Crippen LogP contribution in [0.25, 0.3) is 11.2 Å². The molecule has 0 saturated carbocycles. The average Bonchev–Trinajstić information content (AvgIpc) is 2.99. The van der Waals surface area contributed by atoms with E-state index in [0.717, 1.165) is 4.57 Å². The smallest absolute Gasteiger partial charge is 0.282 e. The van der Waals surface area contributed by atoms with E-state index < -0.39 is 36.7 Å². The second kappa shape index (κ2) is 4.77. The predicted molar refractivity (Wildman–Crippen MR) is 70.2 cm³/mol. The normalized spacial score (nSPS) is 29.3. The number of imidazole rings is 1. The van der Waals surface area contributed by atoms with Gasteiger partial charge in [0.25, 0.3) is 5.56 Å². The fraction of sp³-hybridized carbons (Fsp3) is 0.545. The van der Waals surface area contributed by atoms with Crippen molar-refractivity contribution in [2.24, 2.45) is 7.05 Å². The van der Waals surface area contributed by atoms with Gasteiger partial charge in [-0.25, -0.2) is 4.98 Å². The molecule has 0 spiro atoms. The van der Waals surface area contributed by atoms with Crippen molar-refractivity contribution in [1.29, 1.82) is 0 Å². The Morgan fingerprint density at radius 2 is 2.14 bits per heavy atom. The molecule has 4 atom stereocenters. The summed E-state index contributed by atoms with van der Waals surface area (Å²) in [5.74, 6) is -0.0130. The van der Waals surface area contributed by atoms with Crippen LogP contribution in [0.3, 0.4) is 0 Å². The van der Waals surface area contributed by atoms with Crippen LogP contribution in [0.1, 0.15) is 6.23 Å². The van der Waals surface area contributed by atoms with Gasteiger partial charge < -0.3 is 25.8 Å². The number of aliphatic hydroxyl groups excluding tert-OH is 3. The van der Waals surface area contributed by atoms with Crippen molar-refractivity contribution < 1.29 is 20.1 Å². The molecule has 0 aliphatic carbocycles. The number of ether oxygens (including phenoxy) is 1. The topological polar surface area (TPSA) is 149 Å². The summed E-state index contributed by atoms with van der Waals surface area (Å²) >= 11 is 0. The van der Waals surface area contributed by atoms with E-state index in [9.17, 15) is 15.0 Å². The predicted octanol–water partition coefficient (Wildman–Crippen LogP) is -2.68. The van der Waals surface area contributed by atoms with Crippen molar-refractivity contribution in [3.63, 3.8) is 0 Å². The van der Waals surface area contributed by atoms with Gasteiger partial charge >= 0.3 is 0 Å². The van der Waals surface area contributed by atoms with Crippen molar-refractivity contribution >= 4 is 17.1 Å². The van der Waals surface area contributed by atoms with Crippen LogP contribution < -0.4 is 11.3 Å². The molecule has 10 nitrogen and oxygen atoms in total. The molecule has 21 heavy (non-hydrogen) atoms. The fourth-order valence-corrected chi connectivity index (χ4v) is 2.36. The van der Waals surface area contributed by atoms with Gasteiger partial charge in [-0.2, -0.15) is 4.98 Å². The minimum atomic E-state index is -1.29. The zero-order valence-electron chi connectivity index (χ0n) is 11.1. The van der Waals surface area contributed by atoms with Crippen molar-refractivity contribution in [3.05, 3.63) is 16.7 Å². The summed E-state index contributed by atoms with van der Waals surface area (Å²) in [6, 6.07) is 0. The van der Waals surface area contributed by atoms with Crippen LogP contribution in [0.15, 0.2) is 11.1 Å². The molecule has 1 aliphatic rings. The van der Waals surface area contributed by atoms with Gasteiger partial charge in [0.1, 0.15) is 18.3 Å². The van der Waals surface area contributed by atoms with E-state index in [0.29, 0.717) is 0 Å². The fourth-order valence-electron chi connectivity index (χ4n) is 2.36. The van der Waals surface area contributed by atoms with Crippen LogP contribution in [-0.2, 0) is 11.8 Å². The molecule has 10 heteroatoms. The van der Waals surface area contributed by atoms with Gasteiger partial charge in [-0.15, -0.1) is 0 Å². The minimum Gasteiger partial charge on any atom is -0.394 e. The van der Waals surface area contributed by atoms with Crippen molar-refractivity contribution in [2.75, 3.05) is 12.3 Å². The number of rotatable bonds is 2. The maximum absolute atomic E-state index is 12.0. The van der Waals surface area contributed by atoms with Crippen LogP contribution in [0.4, 0.5) is 5.95 Å². The molecule has 1 saturated heterocycles. The van der Waals surface area contributed by atoms with E-state index in [1.54, 1.807) is 0 Å². The van der Waals surface area contributed by atoms with Crippen LogP contribution in [-0.4, -0.2) is 59.3 Å². The van der Waals surface area contributed by atoms with Gasteiger partial charge in [-0.1, -0.05) is 0 Å². The summed E-state index contributed by atoms with van der Waals surface area (Å²) in [5.41, 5.74) is 5.44. The first-order valence-electron chi connectivity index (χ1n) is 6.27. The molecule has 2 aromatic rings. The van der Waals surface area contributed by atoms with E-state index in [-0.39, 0.29) is 17.1 Å². The highest BCUT2D eigenvalue weighted by Gasteiger charge is 2.44. The molecule has 3 heterocycles. The van der Waals surface area contributed by atoms with E-state index >= 15 is 0 Å². The van der Waals surface area contributed by atoms with Gasteiger partial charge in [0.2, 0.25) is 5.95 Å². The summed E-state index contributed by atoms with van der Waals surface area (Å²) in [6.07, 6.45) is -3.20. The lowest BCUT2D eigenvalue weighted by Crippen LogP contribution is -2.33. The molecule has 0 unspecified atom stereocenters. The third-order valence-corrected chi connectivity index (χ3v) is 3.63. The Balaban J connectivity index is 2.12. The highest BCUT2D eigenvalue weighted by Crippen LogP contribution is 2.30. The third-order valence-electron chi connectivity index (χ3n) is 3.63. The first-order chi connectivity index (χ1) is 9.95. The minimum absolute atomic E-state index is 0.0130. The monoisotopic (exact) mass is 297 g/mol. The Morgan fingerprint density at radius 3 is 2.76 bits per heavy atom. The SMILES string of the molecule is Cn1c(N)nc2c(ncn2[C@H]2O[C@@H](CO)[C@@H](O)[C@H]2O)c1=O. The van der Waals surface area contributed by atoms with Crippen LogP contribution in [0, 0.1) is 0 Å². The number of aromatic nitrogens is 4. The zero-order chi connectivity index (χ0) is 15.3. The molecule has 0 bridgehead atoms. The van der Waals surface area contributed by atoms with Gasteiger partial charge in [0, 0.05) is 7.05 Å². The molecule has 0 amide bonds. The van der Waals surface area contributed by atoms with Gasteiger partial charge in [-0.05, 0) is 0 Å². The van der Waals surface area contributed by atoms with E-state index in [1.807, 2.05) is 0 Å². The summed E-state index contributed by atoms with van der Waals surface area (Å²) < 4.78 is 7.85. The van der Waals surface area contributed by atoms with E-state index in [2.05, 4.69) is 9.97 Å². The van der Waals surface area contributed by atoms with E-state index in [1.165, 1.54) is 17.9 Å². The van der Waals surface area contributed by atoms with Crippen LogP contribution in [0.2, 0.25) is 0 Å². The maximum Gasteiger partial charge on any atom is 0.282 e. The van der Waals surface area contributed by atoms with Gasteiger partial charge in [0.15, 0.2) is 17.4 Å². The quantitative estimate of drug-likeness (QED) is 0.468. The summed E-state index contributed by atoms with van der Waals surface area (Å²) in [5, 5.41) is 28.9. The lowest BCUT2D eigenvalue weighted by molar-refractivity contribution is -0.0511.